The van der Waals surface area contributed by atoms with E-state index < -0.39 is 0 Å². The quantitative estimate of drug-likeness (QED) is 0.745. The Bertz CT molecular complexity index is 726. The van der Waals surface area contributed by atoms with Crippen LogP contribution in [0.1, 0.15) is 58.9 Å². The van der Waals surface area contributed by atoms with Gasteiger partial charge >= 0.3 is 0 Å². The summed E-state index contributed by atoms with van der Waals surface area (Å²) in [6, 6.07) is 5.54. The van der Waals surface area contributed by atoms with Crippen LogP contribution < -0.4 is 0 Å². The molecular formula is C20H23NO3. The summed E-state index contributed by atoms with van der Waals surface area (Å²) in [7, 11) is 0. The third kappa shape index (κ3) is 2.59. The summed E-state index contributed by atoms with van der Waals surface area (Å²) in [5.41, 5.74) is 3.61. The van der Waals surface area contributed by atoms with Gasteiger partial charge in [-0.3, -0.25) is 9.59 Å². The van der Waals surface area contributed by atoms with Gasteiger partial charge in [-0.1, -0.05) is 23.8 Å². The van der Waals surface area contributed by atoms with Crippen molar-refractivity contribution in [3.05, 3.63) is 46.5 Å². The molecule has 0 atom stereocenters. The smallest absolute Gasteiger partial charge is 0.254 e. The zero-order valence-electron chi connectivity index (χ0n) is 14.1. The molecule has 3 aliphatic rings. The average Bonchev–Trinajstić information content (AvgIpc) is 2.96. The second-order valence-corrected chi connectivity index (χ2v) is 7.20. The fourth-order valence-corrected chi connectivity index (χ4v) is 4.22. The first kappa shape index (κ1) is 15.6. The van der Waals surface area contributed by atoms with Gasteiger partial charge in [-0.25, -0.2) is 0 Å². The first-order valence-electron chi connectivity index (χ1n) is 8.85. The lowest BCUT2D eigenvalue weighted by molar-refractivity contribution is -0.0522. The Morgan fingerprint density at radius 2 is 1.96 bits per heavy atom. The van der Waals surface area contributed by atoms with Crippen LogP contribution in [0.2, 0.25) is 0 Å². The molecular weight excluding hydrogens is 302 g/mol. The zero-order valence-corrected chi connectivity index (χ0v) is 14.1. The number of piperidine rings is 1. The van der Waals surface area contributed by atoms with Crippen molar-refractivity contribution in [1.82, 2.24) is 4.90 Å². The van der Waals surface area contributed by atoms with Crippen LogP contribution in [0.15, 0.2) is 29.8 Å². The topological polar surface area (TPSA) is 46.6 Å². The molecule has 0 bridgehead atoms. The van der Waals surface area contributed by atoms with Crippen molar-refractivity contribution in [2.75, 3.05) is 19.7 Å². The maximum atomic E-state index is 13.0. The van der Waals surface area contributed by atoms with Gasteiger partial charge in [0.25, 0.3) is 5.91 Å². The van der Waals surface area contributed by atoms with Crippen LogP contribution in [0.25, 0.3) is 0 Å². The van der Waals surface area contributed by atoms with Crippen molar-refractivity contribution in [3.63, 3.8) is 0 Å². The number of ether oxygens (including phenoxy) is 1. The highest BCUT2D eigenvalue weighted by molar-refractivity contribution is 6.05. The molecule has 1 spiro atoms. The van der Waals surface area contributed by atoms with Gasteiger partial charge < -0.3 is 9.64 Å². The summed E-state index contributed by atoms with van der Waals surface area (Å²) in [5, 5.41) is 0. The van der Waals surface area contributed by atoms with Crippen LogP contribution in [0, 0.1) is 0 Å². The summed E-state index contributed by atoms with van der Waals surface area (Å²) < 4.78 is 6.04. The number of ketones is 1. The van der Waals surface area contributed by atoms with Crippen LogP contribution in [0.5, 0.6) is 0 Å². The molecule has 2 aliphatic heterocycles. The number of fused-ring (bicyclic) bond motifs is 1. The number of hydrogen-bond acceptors (Lipinski definition) is 3. The summed E-state index contributed by atoms with van der Waals surface area (Å²) in [4.78, 5) is 26.8. The fraction of sp³-hybridized carbons (Fsp3) is 0.500. The molecule has 1 fully saturated rings. The van der Waals surface area contributed by atoms with Crippen LogP contribution in [-0.4, -0.2) is 41.9 Å². The number of Topliss-reactive ketones (excluding diaryl/α,β-unsaturated/α-hetero) is 1. The second kappa shape index (κ2) is 5.85. The fourth-order valence-electron chi connectivity index (χ4n) is 4.22. The molecule has 1 aromatic carbocycles. The van der Waals surface area contributed by atoms with Crippen molar-refractivity contribution in [2.24, 2.45) is 0 Å². The minimum Gasteiger partial charge on any atom is -0.370 e. The molecule has 1 aromatic rings. The summed E-state index contributed by atoms with van der Waals surface area (Å²) >= 11 is 0. The van der Waals surface area contributed by atoms with Gasteiger partial charge in [-0.2, -0.15) is 0 Å². The molecule has 0 N–H and O–H groups in total. The van der Waals surface area contributed by atoms with Crippen molar-refractivity contribution >= 4 is 11.7 Å². The first-order chi connectivity index (χ1) is 11.6. The molecule has 4 rings (SSSR count). The van der Waals surface area contributed by atoms with Crippen molar-refractivity contribution in [2.45, 2.75) is 44.6 Å². The molecule has 0 saturated carbocycles. The van der Waals surface area contributed by atoms with Gasteiger partial charge in [0, 0.05) is 30.6 Å². The molecule has 126 valence electrons. The van der Waals surface area contributed by atoms with Crippen molar-refractivity contribution in [3.8, 4) is 0 Å². The number of hydrogen-bond donors (Lipinski definition) is 0. The zero-order chi connectivity index (χ0) is 16.7. The van der Waals surface area contributed by atoms with Gasteiger partial charge in [0.2, 0.25) is 0 Å². The van der Waals surface area contributed by atoms with Crippen LogP contribution in [0.4, 0.5) is 0 Å². The highest BCUT2D eigenvalue weighted by Crippen LogP contribution is 2.34. The second-order valence-electron chi connectivity index (χ2n) is 7.20. The predicted octanol–water partition coefficient (Wildman–Crippen LogP) is 3.16. The van der Waals surface area contributed by atoms with E-state index in [4.69, 9.17) is 4.74 Å². The molecule has 2 heterocycles. The Kier molecular flexibility index (Phi) is 3.80. The summed E-state index contributed by atoms with van der Waals surface area (Å²) in [6.07, 6.45) is 6.19. The highest BCUT2D eigenvalue weighted by Gasteiger charge is 2.37. The van der Waals surface area contributed by atoms with E-state index in [-0.39, 0.29) is 17.3 Å². The number of carbonyl (C=O) groups excluding carboxylic acids is 2. The van der Waals surface area contributed by atoms with Gasteiger partial charge in [0.05, 0.1) is 12.2 Å². The molecule has 1 aliphatic carbocycles. The van der Waals surface area contributed by atoms with E-state index in [1.165, 1.54) is 5.57 Å². The van der Waals surface area contributed by atoms with Gasteiger partial charge in [-0.15, -0.1) is 0 Å². The largest absolute Gasteiger partial charge is 0.370 e. The number of amides is 1. The predicted molar refractivity (Wildman–Crippen MR) is 91.3 cm³/mol. The van der Waals surface area contributed by atoms with Crippen LogP contribution >= 0.6 is 0 Å². The van der Waals surface area contributed by atoms with E-state index in [0.717, 1.165) is 37.0 Å². The van der Waals surface area contributed by atoms with E-state index in [2.05, 4.69) is 13.0 Å². The molecule has 0 aromatic heterocycles. The molecule has 1 amide bonds. The van der Waals surface area contributed by atoms with E-state index in [9.17, 15) is 9.59 Å². The Morgan fingerprint density at radius 3 is 2.71 bits per heavy atom. The molecule has 4 nitrogen and oxygen atoms in total. The summed E-state index contributed by atoms with van der Waals surface area (Å²) in [5.74, 6) is 0.223. The van der Waals surface area contributed by atoms with Crippen LogP contribution in [-0.2, 0) is 11.2 Å². The van der Waals surface area contributed by atoms with E-state index in [1.54, 1.807) is 0 Å². The lowest BCUT2D eigenvalue weighted by Crippen LogP contribution is -2.48. The average molecular weight is 325 g/mol. The SMILES string of the molecule is CC1=CC2(CCN(C(=O)c3cccc4c3CCC4=O)CC2)OCC1. The number of nitrogens with zero attached hydrogens (tertiary/aromatic N) is 1. The lowest BCUT2D eigenvalue weighted by Gasteiger charge is -2.42. The van der Waals surface area contributed by atoms with Crippen molar-refractivity contribution < 1.29 is 14.3 Å². The number of likely N-dealkylation sites (tertiary alicyclic amines) is 1. The standard InChI is InChI=1S/C20H23NO3/c1-14-7-12-24-20(13-14)8-10-21(11-9-20)19(23)17-4-2-3-16-15(17)5-6-18(16)22/h2-4,13H,5-12H2,1H3. The lowest BCUT2D eigenvalue weighted by atomic mass is 9.86. The van der Waals surface area contributed by atoms with E-state index in [0.29, 0.717) is 31.5 Å². The highest BCUT2D eigenvalue weighted by atomic mass is 16.5. The van der Waals surface area contributed by atoms with Crippen LogP contribution in [0.3, 0.4) is 0 Å². The molecule has 0 radical (unpaired) electrons. The number of benzene rings is 1. The first-order valence-corrected chi connectivity index (χ1v) is 8.85. The summed E-state index contributed by atoms with van der Waals surface area (Å²) in [6.45, 7) is 4.36. The molecule has 24 heavy (non-hydrogen) atoms. The normalized spacial score (nSPS) is 22.5. The number of rotatable bonds is 1. The molecule has 1 saturated heterocycles. The Balaban J connectivity index is 1.52. The number of carbonyl (C=O) groups is 2. The maximum absolute atomic E-state index is 13.0. The minimum atomic E-state index is -0.173. The van der Waals surface area contributed by atoms with Gasteiger partial charge in [0.15, 0.2) is 5.78 Å². The Hall–Kier alpha value is -1.94. The minimum absolute atomic E-state index is 0.0629. The Labute approximate surface area is 142 Å². The van der Waals surface area contributed by atoms with Crippen molar-refractivity contribution in [1.29, 1.82) is 0 Å². The van der Waals surface area contributed by atoms with Gasteiger partial charge in [0.1, 0.15) is 0 Å². The third-order valence-electron chi connectivity index (χ3n) is 5.60. The van der Waals surface area contributed by atoms with E-state index in [1.807, 2.05) is 23.1 Å². The van der Waals surface area contributed by atoms with Gasteiger partial charge in [-0.05, 0) is 44.2 Å². The third-order valence-corrected chi connectivity index (χ3v) is 5.60. The maximum Gasteiger partial charge on any atom is 0.254 e. The monoisotopic (exact) mass is 325 g/mol. The Morgan fingerprint density at radius 1 is 1.17 bits per heavy atom. The molecule has 4 heteroatoms. The van der Waals surface area contributed by atoms with E-state index >= 15 is 0 Å². The molecule has 0 unspecified atom stereocenters.